The van der Waals surface area contributed by atoms with Crippen molar-refractivity contribution in [2.24, 2.45) is 0 Å². The first-order valence-electron chi connectivity index (χ1n) is 8.29. The van der Waals surface area contributed by atoms with Crippen LogP contribution < -0.4 is 19.5 Å². The van der Waals surface area contributed by atoms with Crippen molar-refractivity contribution in [1.82, 2.24) is 4.72 Å². The van der Waals surface area contributed by atoms with E-state index in [0.717, 1.165) is 18.2 Å². The van der Waals surface area contributed by atoms with Gasteiger partial charge in [0.2, 0.25) is 10.0 Å². The third-order valence-corrected chi connectivity index (χ3v) is 5.13. The van der Waals surface area contributed by atoms with Crippen molar-refractivity contribution in [3.05, 3.63) is 48.0 Å². The molecule has 0 saturated carbocycles. The molecule has 0 saturated heterocycles. The molecule has 0 aliphatic carbocycles. The van der Waals surface area contributed by atoms with Gasteiger partial charge in [0.15, 0.2) is 0 Å². The van der Waals surface area contributed by atoms with Crippen molar-refractivity contribution in [1.29, 1.82) is 0 Å². The molecule has 0 bridgehead atoms. The third-order valence-electron chi connectivity index (χ3n) is 3.45. The van der Waals surface area contributed by atoms with Gasteiger partial charge in [0, 0.05) is 17.3 Å². The van der Waals surface area contributed by atoms with Crippen molar-refractivity contribution in [3.8, 4) is 11.5 Å². The van der Waals surface area contributed by atoms with Gasteiger partial charge < -0.3 is 14.8 Å². The van der Waals surface area contributed by atoms with Crippen LogP contribution in [-0.2, 0) is 10.0 Å². The smallest absolute Gasteiger partial charge is 0.495 e. The van der Waals surface area contributed by atoms with E-state index in [-0.39, 0.29) is 27.9 Å². The van der Waals surface area contributed by atoms with Crippen molar-refractivity contribution >= 4 is 21.6 Å². The Bertz CT molecular complexity index is 974. The summed E-state index contributed by atoms with van der Waals surface area (Å²) >= 11 is 0. The molecule has 2 rings (SSSR count). The number of amides is 1. The van der Waals surface area contributed by atoms with Crippen LogP contribution in [0.1, 0.15) is 24.2 Å². The zero-order chi connectivity index (χ0) is 21.8. The maximum absolute atomic E-state index is 12.5. The highest BCUT2D eigenvalue weighted by molar-refractivity contribution is 7.89. The Morgan fingerprint density at radius 3 is 2.21 bits per heavy atom. The fraction of sp³-hybridized carbons (Fsp3) is 0.278. The van der Waals surface area contributed by atoms with Crippen molar-refractivity contribution < 1.29 is 35.9 Å². The Balaban J connectivity index is 2.24. The van der Waals surface area contributed by atoms with Gasteiger partial charge in [0.25, 0.3) is 5.91 Å². The van der Waals surface area contributed by atoms with Gasteiger partial charge in [0.05, 0.1) is 7.11 Å². The van der Waals surface area contributed by atoms with Crippen molar-refractivity contribution in [2.45, 2.75) is 31.1 Å². The second-order valence-electron chi connectivity index (χ2n) is 6.17. The summed E-state index contributed by atoms with van der Waals surface area (Å²) in [6.45, 7) is 3.29. The van der Waals surface area contributed by atoms with E-state index in [9.17, 15) is 26.4 Å². The molecule has 0 heterocycles. The number of carbonyl (C=O) groups excluding carboxylic acids is 1. The van der Waals surface area contributed by atoms with Gasteiger partial charge in [-0.2, -0.15) is 0 Å². The molecule has 158 valence electrons. The van der Waals surface area contributed by atoms with E-state index in [0.29, 0.717) is 0 Å². The van der Waals surface area contributed by atoms with Crippen LogP contribution >= 0.6 is 0 Å². The summed E-state index contributed by atoms with van der Waals surface area (Å²) in [5, 5.41) is 2.47. The third kappa shape index (κ3) is 6.36. The monoisotopic (exact) mass is 432 g/mol. The number of rotatable bonds is 7. The van der Waals surface area contributed by atoms with Crippen LogP contribution in [0.3, 0.4) is 0 Å². The minimum absolute atomic E-state index is 0.0190. The predicted octanol–water partition coefficient (Wildman–Crippen LogP) is 3.53. The Morgan fingerprint density at radius 1 is 1.07 bits per heavy atom. The molecule has 0 radical (unpaired) electrons. The van der Waals surface area contributed by atoms with E-state index in [4.69, 9.17) is 4.74 Å². The van der Waals surface area contributed by atoms with E-state index in [1.54, 1.807) is 13.8 Å². The Morgan fingerprint density at radius 2 is 1.69 bits per heavy atom. The van der Waals surface area contributed by atoms with E-state index in [1.807, 2.05) is 0 Å². The van der Waals surface area contributed by atoms with Crippen LogP contribution in [0.25, 0.3) is 0 Å². The second-order valence-corrected chi connectivity index (χ2v) is 7.85. The number of anilines is 1. The molecule has 0 spiro atoms. The lowest BCUT2D eigenvalue weighted by molar-refractivity contribution is -0.274. The van der Waals surface area contributed by atoms with Crippen LogP contribution in [0.2, 0.25) is 0 Å². The van der Waals surface area contributed by atoms with Crippen LogP contribution in [0.4, 0.5) is 18.9 Å². The Labute approximate surface area is 165 Å². The summed E-state index contributed by atoms with van der Waals surface area (Å²) in [7, 11) is -2.63. The van der Waals surface area contributed by atoms with Crippen molar-refractivity contribution in [2.75, 3.05) is 12.4 Å². The highest BCUT2D eigenvalue weighted by atomic mass is 32.2. The molecule has 2 N–H and O–H groups in total. The largest absolute Gasteiger partial charge is 0.573 e. The molecule has 0 fully saturated rings. The van der Waals surface area contributed by atoms with Crippen LogP contribution in [-0.4, -0.2) is 33.8 Å². The van der Waals surface area contributed by atoms with E-state index in [1.165, 1.54) is 31.4 Å². The molecule has 1 amide bonds. The van der Waals surface area contributed by atoms with Gasteiger partial charge in [-0.25, -0.2) is 13.1 Å². The first-order valence-corrected chi connectivity index (χ1v) is 9.77. The summed E-state index contributed by atoms with van der Waals surface area (Å²) in [6.07, 6.45) is -4.82. The minimum Gasteiger partial charge on any atom is -0.495 e. The van der Waals surface area contributed by atoms with Gasteiger partial charge in [-0.05, 0) is 56.3 Å². The molecule has 29 heavy (non-hydrogen) atoms. The lowest BCUT2D eigenvalue weighted by Crippen LogP contribution is -2.30. The van der Waals surface area contributed by atoms with E-state index in [2.05, 4.69) is 14.8 Å². The minimum atomic E-state index is -4.82. The zero-order valence-corrected chi connectivity index (χ0v) is 16.5. The SMILES string of the molecule is COc1ccc(C(=O)Nc2ccc(OC(F)(F)F)cc2)cc1S(=O)(=O)NC(C)C. The molecule has 0 atom stereocenters. The number of nitrogens with one attached hydrogen (secondary N) is 2. The highest BCUT2D eigenvalue weighted by Crippen LogP contribution is 2.27. The fourth-order valence-electron chi connectivity index (χ4n) is 2.34. The lowest BCUT2D eigenvalue weighted by atomic mass is 10.2. The number of hydrogen-bond acceptors (Lipinski definition) is 5. The first-order chi connectivity index (χ1) is 13.4. The maximum atomic E-state index is 12.5. The number of alkyl halides is 3. The molecule has 7 nitrogen and oxygen atoms in total. The maximum Gasteiger partial charge on any atom is 0.573 e. The van der Waals surface area contributed by atoms with Crippen LogP contribution in [0, 0.1) is 0 Å². The fourth-order valence-corrected chi connectivity index (χ4v) is 3.79. The highest BCUT2D eigenvalue weighted by Gasteiger charge is 2.31. The summed E-state index contributed by atoms with van der Waals surface area (Å²) in [4.78, 5) is 12.2. The average Bonchev–Trinajstić information content (AvgIpc) is 2.60. The quantitative estimate of drug-likeness (QED) is 0.698. The lowest BCUT2D eigenvalue weighted by Gasteiger charge is -2.14. The normalized spacial score (nSPS) is 12.0. The Kier molecular flexibility index (Phi) is 6.75. The number of sulfonamides is 1. The molecular formula is C18H19F3N2O5S. The topological polar surface area (TPSA) is 93.7 Å². The molecule has 0 aromatic heterocycles. The molecule has 0 unspecified atom stereocenters. The van der Waals surface area contributed by atoms with Gasteiger partial charge in [-0.3, -0.25) is 4.79 Å². The molecule has 11 heteroatoms. The average molecular weight is 432 g/mol. The number of halogens is 3. The predicted molar refractivity (Wildman–Crippen MR) is 99.5 cm³/mol. The summed E-state index contributed by atoms with van der Waals surface area (Å²) < 4.78 is 72.8. The van der Waals surface area contributed by atoms with Crippen LogP contribution in [0.15, 0.2) is 47.4 Å². The Hall–Kier alpha value is -2.79. The number of methoxy groups -OCH3 is 1. The standard InChI is InChI=1S/C18H19F3N2O5S/c1-11(2)23-29(25,26)16-10-12(4-9-15(16)27-3)17(24)22-13-5-7-14(8-6-13)28-18(19,20)21/h4-11,23H,1-3H3,(H,22,24). The van der Waals surface area contributed by atoms with E-state index < -0.39 is 28.0 Å². The van der Waals surface area contributed by atoms with Crippen molar-refractivity contribution in [3.63, 3.8) is 0 Å². The summed E-state index contributed by atoms with van der Waals surface area (Å²) in [5.41, 5.74) is 0.218. The zero-order valence-electron chi connectivity index (χ0n) is 15.7. The molecule has 2 aromatic rings. The first kappa shape index (κ1) is 22.5. The van der Waals surface area contributed by atoms with Gasteiger partial charge in [0.1, 0.15) is 16.4 Å². The second kappa shape index (κ2) is 8.70. The molecule has 0 aliphatic rings. The van der Waals surface area contributed by atoms with Gasteiger partial charge in [-0.1, -0.05) is 0 Å². The number of hydrogen-bond donors (Lipinski definition) is 2. The number of carbonyl (C=O) groups is 1. The number of ether oxygens (including phenoxy) is 2. The van der Waals surface area contributed by atoms with Crippen LogP contribution in [0.5, 0.6) is 11.5 Å². The molecular weight excluding hydrogens is 413 g/mol. The molecule has 0 aliphatic heterocycles. The summed E-state index contributed by atoms with van der Waals surface area (Å²) in [5.74, 6) is -1.03. The number of benzene rings is 2. The molecule has 2 aromatic carbocycles. The van der Waals surface area contributed by atoms with E-state index >= 15 is 0 Å². The van der Waals surface area contributed by atoms with Gasteiger partial charge in [-0.15, -0.1) is 13.2 Å². The summed E-state index contributed by atoms with van der Waals surface area (Å²) in [6, 6.07) is 8.01. The van der Waals surface area contributed by atoms with Gasteiger partial charge >= 0.3 is 6.36 Å².